The minimum Gasteiger partial charge on any atom is -0.337 e. The monoisotopic (exact) mass is 439 g/mol. The van der Waals surface area contributed by atoms with Gasteiger partial charge >= 0.3 is 6.03 Å². The summed E-state index contributed by atoms with van der Waals surface area (Å²) in [6.45, 7) is 2.32. The predicted molar refractivity (Wildman–Crippen MR) is 130 cm³/mol. The predicted octanol–water partition coefficient (Wildman–Crippen LogP) is 4.80. The van der Waals surface area contributed by atoms with Crippen LogP contribution in [0.1, 0.15) is 21.6 Å². The van der Waals surface area contributed by atoms with Crippen LogP contribution >= 0.6 is 0 Å². The van der Waals surface area contributed by atoms with Crippen molar-refractivity contribution in [2.75, 3.05) is 17.2 Å². The molecule has 0 bridgehead atoms. The van der Waals surface area contributed by atoms with Gasteiger partial charge in [-0.25, -0.2) is 9.48 Å². The first kappa shape index (κ1) is 21.8. The van der Waals surface area contributed by atoms with E-state index < -0.39 is 0 Å². The maximum absolute atomic E-state index is 12.5. The van der Waals surface area contributed by atoms with Crippen molar-refractivity contribution in [3.05, 3.63) is 108 Å². The van der Waals surface area contributed by atoms with Gasteiger partial charge in [-0.3, -0.25) is 4.79 Å². The van der Waals surface area contributed by atoms with Gasteiger partial charge in [0.05, 0.1) is 11.4 Å². The number of aromatic nitrogens is 2. The molecule has 0 saturated heterocycles. The van der Waals surface area contributed by atoms with Crippen molar-refractivity contribution < 1.29 is 9.59 Å². The number of rotatable bonds is 7. The summed E-state index contributed by atoms with van der Waals surface area (Å²) in [5.41, 5.74) is 4.50. The Balaban J connectivity index is 1.31. The second-order valence-corrected chi connectivity index (χ2v) is 7.57. The Bertz CT molecular complexity index is 1240. The van der Waals surface area contributed by atoms with Crippen molar-refractivity contribution in [2.24, 2.45) is 0 Å². The van der Waals surface area contributed by atoms with Gasteiger partial charge in [-0.05, 0) is 55.0 Å². The van der Waals surface area contributed by atoms with E-state index in [2.05, 4.69) is 21.0 Å². The molecule has 3 amide bonds. The van der Waals surface area contributed by atoms with Crippen molar-refractivity contribution in [1.82, 2.24) is 15.1 Å². The number of nitrogens with zero attached hydrogens (tertiary/aromatic N) is 2. The molecule has 7 heteroatoms. The van der Waals surface area contributed by atoms with Gasteiger partial charge in [-0.2, -0.15) is 5.10 Å². The highest BCUT2D eigenvalue weighted by atomic mass is 16.2. The molecule has 4 aromatic rings. The Kier molecular flexibility index (Phi) is 6.80. The average molecular weight is 440 g/mol. The largest absolute Gasteiger partial charge is 0.337 e. The number of hydrogen-bond donors (Lipinski definition) is 3. The smallest absolute Gasteiger partial charge is 0.319 e. The summed E-state index contributed by atoms with van der Waals surface area (Å²) in [5.74, 6) is -0.237. The van der Waals surface area contributed by atoms with Crippen molar-refractivity contribution in [2.45, 2.75) is 13.3 Å². The van der Waals surface area contributed by atoms with Gasteiger partial charge in [0.15, 0.2) is 0 Å². The Morgan fingerprint density at radius 3 is 2.36 bits per heavy atom. The van der Waals surface area contributed by atoms with Crippen LogP contribution in [-0.2, 0) is 6.42 Å². The topological polar surface area (TPSA) is 88.0 Å². The fourth-order valence-electron chi connectivity index (χ4n) is 3.31. The quantitative estimate of drug-likeness (QED) is 0.387. The fourth-order valence-corrected chi connectivity index (χ4v) is 3.31. The molecule has 33 heavy (non-hydrogen) atoms. The zero-order valence-electron chi connectivity index (χ0n) is 18.3. The van der Waals surface area contributed by atoms with E-state index in [4.69, 9.17) is 0 Å². The first-order valence-corrected chi connectivity index (χ1v) is 10.7. The maximum Gasteiger partial charge on any atom is 0.319 e. The van der Waals surface area contributed by atoms with Crippen LogP contribution < -0.4 is 16.0 Å². The minimum atomic E-state index is -0.332. The van der Waals surface area contributed by atoms with E-state index >= 15 is 0 Å². The molecule has 0 atom stereocenters. The summed E-state index contributed by atoms with van der Waals surface area (Å²) < 4.78 is 1.81. The van der Waals surface area contributed by atoms with Crippen LogP contribution in [0.4, 0.5) is 16.2 Å². The molecule has 0 spiro atoms. The van der Waals surface area contributed by atoms with Gasteiger partial charge in [0.2, 0.25) is 0 Å². The fraction of sp³-hybridized carbons (Fsp3) is 0.115. The molecule has 0 unspecified atom stereocenters. The van der Waals surface area contributed by atoms with E-state index in [9.17, 15) is 9.59 Å². The maximum atomic E-state index is 12.5. The molecule has 0 aliphatic heterocycles. The first-order chi connectivity index (χ1) is 16.1. The number of amides is 3. The lowest BCUT2D eigenvalue weighted by atomic mass is 10.1. The lowest BCUT2D eigenvalue weighted by Crippen LogP contribution is -2.31. The van der Waals surface area contributed by atoms with Crippen LogP contribution in [0.2, 0.25) is 0 Å². The van der Waals surface area contributed by atoms with Crippen molar-refractivity contribution in [3.63, 3.8) is 0 Å². The molecule has 0 aliphatic carbocycles. The third kappa shape index (κ3) is 5.86. The lowest BCUT2D eigenvalue weighted by Gasteiger charge is -2.12. The molecular formula is C26H25N5O2. The number of hydrogen-bond acceptors (Lipinski definition) is 3. The standard InChI is InChI=1S/C26H25N5O2/c1-19-12-13-20(25(32)28-21-8-4-2-5-9-21)18-24(19)29-26(33)27-16-14-22-15-17-31(30-22)23-10-6-3-7-11-23/h2-13,15,17-18H,14,16H2,1H3,(H,28,32)(H2,27,29,33). The van der Waals surface area contributed by atoms with Gasteiger partial charge in [0, 0.05) is 36.1 Å². The third-order valence-electron chi connectivity index (χ3n) is 5.11. The minimum absolute atomic E-state index is 0.237. The van der Waals surface area contributed by atoms with Crippen LogP contribution in [-0.4, -0.2) is 28.3 Å². The second kappa shape index (κ2) is 10.3. The summed E-state index contributed by atoms with van der Waals surface area (Å²) in [5, 5.41) is 13.1. The van der Waals surface area contributed by atoms with Crippen LogP contribution in [0.25, 0.3) is 5.69 Å². The van der Waals surface area contributed by atoms with Crippen molar-refractivity contribution in [3.8, 4) is 5.69 Å². The summed E-state index contributed by atoms with van der Waals surface area (Å²) in [6.07, 6.45) is 2.51. The number of urea groups is 1. The number of carbonyl (C=O) groups is 2. The average Bonchev–Trinajstić information content (AvgIpc) is 3.31. The zero-order chi connectivity index (χ0) is 23.0. The Labute approximate surface area is 192 Å². The number of benzene rings is 3. The normalized spacial score (nSPS) is 10.5. The molecule has 7 nitrogen and oxygen atoms in total. The number of anilines is 2. The molecule has 1 heterocycles. The molecule has 1 aromatic heterocycles. The van der Waals surface area contributed by atoms with Gasteiger partial charge in [0.1, 0.15) is 0 Å². The van der Waals surface area contributed by atoms with Crippen LogP contribution in [0.3, 0.4) is 0 Å². The molecule has 0 saturated carbocycles. The summed E-state index contributed by atoms with van der Waals surface area (Å²) in [7, 11) is 0. The third-order valence-corrected chi connectivity index (χ3v) is 5.11. The molecule has 3 N–H and O–H groups in total. The van der Waals surface area contributed by atoms with Crippen LogP contribution in [0.15, 0.2) is 91.1 Å². The van der Waals surface area contributed by atoms with E-state index in [1.807, 2.05) is 90.6 Å². The number of para-hydroxylation sites is 2. The molecular weight excluding hydrogens is 414 g/mol. The molecule has 4 rings (SSSR count). The first-order valence-electron chi connectivity index (χ1n) is 10.7. The van der Waals surface area contributed by atoms with Gasteiger partial charge in [0.25, 0.3) is 5.91 Å². The van der Waals surface area contributed by atoms with Crippen molar-refractivity contribution >= 4 is 23.3 Å². The Morgan fingerprint density at radius 2 is 1.61 bits per heavy atom. The molecule has 3 aromatic carbocycles. The van der Waals surface area contributed by atoms with Crippen LogP contribution in [0, 0.1) is 6.92 Å². The van der Waals surface area contributed by atoms with Crippen molar-refractivity contribution in [1.29, 1.82) is 0 Å². The molecule has 0 radical (unpaired) electrons. The number of nitrogens with one attached hydrogen (secondary N) is 3. The Hall–Kier alpha value is -4.39. The Morgan fingerprint density at radius 1 is 0.879 bits per heavy atom. The van der Waals surface area contributed by atoms with Gasteiger partial charge < -0.3 is 16.0 Å². The second-order valence-electron chi connectivity index (χ2n) is 7.57. The molecule has 166 valence electrons. The van der Waals surface area contributed by atoms with E-state index in [1.165, 1.54) is 0 Å². The molecule has 0 aliphatic rings. The van der Waals surface area contributed by atoms with E-state index in [1.54, 1.807) is 12.1 Å². The highest BCUT2D eigenvalue weighted by molar-refractivity contribution is 6.05. The number of carbonyl (C=O) groups excluding carboxylic acids is 2. The SMILES string of the molecule is Cc1ccc(C(=O)Nc2ccccc2)cc1NC(=O)NCCc1ccn(-c2ccccc2)n1. The van der Waals surface area contributed by atoms with Gasteiger partial charge in [-0.15, -0.1) is 0 Å². The summed E-state index contributed by atoms with van der Waals surface area (Å²) in [4.78, 5) is 25.0. The summed E-state index contributed by atoms with van der Waals surface area (Å²) >= 11 is 0. The number of aryl methyl sites for hydroxylation is 1. The van der Waals surface area contributed by atoms with E-state index in [0.29, 0.717) is 29.9 Å². The van der Waals surface area contributed by atoms with E-state index in [0.717, 1.165) is 16.9 Å². The highest BCUT2D eigenvalue weighted by Gasteiger charge is 2.11. The highest BCUT2D eigenvalue weighted by Crippen LogP contribution is 2.18. The van der Waals surface area contributed by atoms with E-state index in [-0.39, 0.29) is 11.9 Å². The summed E-state index contributed by atoms with van der Waals surface area (Å²) in [6, 6.07) is 25.9. The van der Waals surface area contributed by atoms with Gasteiger partial charge in [-0.1, -0.05) is 42.5 Å². The van der Waals surface area contributed by atoms with Crippen LogP contribution in [0.5, 0.6) is 0 Å². The molecule has 0 fully saturated rings. The zero-order valence-corrected chi connectivity index (χ0v) is 18.3. The lowest BCUT2D eigenvalue weighted by molar-refractivity contribution is 0.102.